The van der Waals surface area contributed by atoms with Crippen LogP contribution in [0.25, 0.3) is 11.3 Å². The number of methoxy groups -OCH3 is 1. The van der Waals surface area contributed by atoms with E-state index in [0.717, 1.165) is 22.5 Å². The van der Waals surface area contributed by atoms with Gasteiger partial charge in [0.25, 0.3) is 0 Å². The maximum absolute atomic E-state index is 12.1. The maximum Gasteiger partial charge on any atom is 0.322 e. The van der Waals surface area contributed by atoms with E-state index in [2.05, 4.69) is 15.5 Å². The number of H-pyrrole nitrogens is 1. The molecular weight excluding hydrogens is 326 g/mol. The predicted molar refractivity (Wildman–Crippen MR) is 101 cm³/mol. The minimum Gasteiger partial charge on any atom is -0.468 e. The molecule has 0 saturated carbocycles. The zero-order chi connectivity index (χ0) is 18.2. The summed E-state index contributed by atoms with van der Waals surface area (Å²) in [5, 5.41) is 10.7. The molecule has 1 aromatic heterocycles. The number of ether oxygens (including phenoxy) is 1. The lowest BCUT2D eigenvalue weighted by Gasteiger charge is -2.16. The second kappa shape index (κ2) is 8.97. The number of aromatic amines is 1. The molecule has 0 aliphatic carbocycles. The molecule has 0 aliphatic rings. The molecule has 3 aromatic rings. The fraction of sp³-hybridized carbons (Fsp3) is 0.238. The monoisotopic (exact) mass is 349 g/mol. The van der Waals surface area contributed by atoms with Crippen LogP contribution in [-0.4, -0.2) is 29.3 Å². The Hall–Kier alpha value is -2.92. The van der Waals surface area contributed by atoms with Crippen LogP contribution in [0.2, 0.25) is 0 Å². The average molecular weight is 349 g/mol. The third kappa shape index (κ3) is 4.80. The topological polar surface area (TPSA) is 67.0 Å². The number of esters is 1. The van der Waals surface area contributed by atoms with Gasteiger partial charge in [-0.25, -0.2) is 0 Å². The number of rotatable bonds is 8. The van der Waals surface area contributed by atoms with Crippen LogP contribution in [0.4, 0.5) is 0 Å². The van der Waals surface area contributed by atoms with Gasteiger partial charge in [-0.2, -0.15) is 5.10 Å². The molecule has 5 heteroatoms. The van der Waals surface area contributed by atoms with Crippen molar-refractivity contribution in [1.29, 1.82) is 0 Å². The van der Waals surface area contributed by atoms with Crippen LogP contribution in [-0.2, 0) is 22.5 Å². The van der Waals surface area contributed by atoms with Gasteiger partial charge in [0.15, 0.2) is 0 Å². The highest BCUT2D eigenvalue weighted by atomic mass is 16.5. The highest BCUT2D eigenvalue weighted by molar-refractivity contribution is 5.75. The van der Waals surface area contributed by atoms with Gasteiger partial charge in [0, 0.05) is 17.8 Å². The van der Waals surface area contributed by atoms with Crippen LogP contribution in [0.1, 0.15) is 17.7 Å². The number of carbonyl (C=O) groups excluding carboxylic acids is 1. The van der Waals surface area contributed by atoms with Gasteiger partial charge in [0.05, 0.1) is 12.8 Å². The number of carbonyl (C=O) groups is 1. The molecule has 0 unspecified atom stereocenters. The minimum atomic E-state index is -0.358. The third-order valence-corrected chi connectivity index (χ3v) is 4.28. The van der Waals surface area contributed by atoms with Crippen molar-refractivity contribution < 1.29 is 9.53 Å². The van der Waals surface area contributed by atoms with Crippen molar-refractivity contribution in [2.24, 2.45) is 0 Å². The van der Waals surface area contributed by atoms with Crippen LogP contribution in [0.3, 0.4) is 0 Å². The molecule has 0 radical (unpaired) electrons. The summed E-state index contributed by atoms with van der Waals surface area (Å²) in [4.78, 5) is 12.1. The Morgan fingerprint density at radius 2 is 1.81 bits per heavy atom. The summed E-state index contributed by atoms with van der Waals surface area (Å²) in [5.41, 5.74) is 4.11. The lowest BCUT2D eigenvalue weighted by atomic mass is 10.1. The van der Waals surface area contributed by atoms with E-state index in [4.69, 9.17) is 4.74 Å². The zero-order valence-corrected chi connectivity index (χ0v) is 14.8. The highest BCUT2D eigenvalue weighted by Gasteiger charge is 2.19. The molecule has 0 spiro atoms. The van der Waals surface area contributed by atoms with Crippen LogP contribution in [0.15, 0.2) is 66.7 Å². The van der Waals surface area contributed by atoms with Gasteiger partial charge in [-0.1, -0.05) is 60.7 Å². The summed E-state index contributed by atoms with van der Waals surface area (Å²) in [6, 6.07) is 21.7. The van der Waals surface area contributed by atoms with Crippen molar-refractivity contribution in [1.82, 2.24) is 15.5 Å². The van der Waals surface area contributed by atoms with E-state index in [9.17, 15) is 4.79 Å². The Kier molecular flexibility index (Phi) is 6.17. The van der Waals surface area contributed by atoms with Crippen LogP contribution < -0.4 is 5.32 Å². The average Bonchev–Trinajstić information content (AvgIpc) is 3.18. The molecule has 0 bridgehead atoms. The molecule has 1 heterocycles. The summed E-state index contributed by atoms with van der Waals surface area (Å²) in [7, 11) is 1.42. The summed E-state index contributed by atoms with van der Waals surface area (Å²) in [6.45, 7) is 0.624. The molecule has 5 nitrogen and oxygen atoms in total. The Bertz CT molecular complexity index is 816. The molecule has 3 rings (SSSR count). The van der Waals surface area contributed by atoms with E-state index >= 15 is 0 Å². The van der Waals surface area contributed by atoms with Crippen molar-refractivity contribution >= 4 is 5.97 Å². The molecule has 0 aliphatic heterocycles. The predicted octanol–water partition coefficient (Wildman–Crippen LogP) is 3.34. The summed E-state index contributed by atoms with van der Waals surface area (Å²) in [5.74, 6) is -0.247. The Balaban J connectivity index is 1.59. The normalized spacial score (nSPS) is 11.9. The number of hydrogen-bond acceptors (Lipinski definition) is 4. The molecule has 26 heavy (non-hydrogen) atoms. The number of aryl methyl sites for hydroxylation is 1. The van der Waals surface area contributed by atoms with Crippen LogP contribution in [0.5, 0.6) is 0 Å². The van der Waals surface area contributed by atoms with Crippen molar-refractivity contribution in [3.8, 4) is 11.3 Å². The summed E-state index contributed by atoms with van der Waals surface area (Å²) in [6.07, 6.45) is 1.34. The number of aromatic nitrogens is 2. The lowest BCUT2D eigenvalue weighted by molar-refractivity contribution is -0.143. The van der Waals surface area contributed by atoms with Crippen LogP contribution >= 0.6 is 0 Å². The van der Waals surface area contributed by atoms with E-state index in [1.165, 1.54) is 7.11 Å². The van der Waals surface area contributed by atoms with Gasteiger partial charge in [0.1, 0.15) is 6.04 Å². The van der Waals surface area contributed by atoms with E-state index in [1.54, 1.807) is 0 Å². The number of benzene rings is 2. The smallest absolute Gasteiger partial charge is 0.322 e. The van der Waals surface area contributed by atoms with Gasteiger partial charge < -0.3 is 10.1 Å². The maximum atomic E-state index is 12.1. The van der Waals surface area contributed by atoms with E-state index in [0.29, 0.717) is 19.4 Å². The first-order valence-corrected chi connectivity index (χ1v) is 8.71. The van der Waals surface area contributed by atoms with Crippen molar-refractivity contribution in [3.05, 3.63) is 78.0 Å². The van der Waals surface area contributed by atoms with Crippen molar-refractivity contribution in [2.45, 2.75) is 25.4 Å². The van der Waals surface area contributed by atoms with E-state index in [1.807, 2.05) is 66.7 Å². The standard InChI is InChI=1S/C21H23N3O2/c1-26-21(25)19(22-15-16-8-4-2-5-9-16)13-12-18-14-20(24-23-18)17-10-6-3-7-11-17/h2-11,14,19,22H,12-13,15H2,1H3,(H,23,24)/t19-/m0/s1. The minimum absolute atomic E-state index is 0.247. The third-order valence-electron chi connectivity index (χ3n) is 4.28. The van der Waals surface area contributed by atoms with Crippen molar-refractivity contribution in [2.75, 3.05) is 7.11 Å². The van der Waals surface area contributed by atoms with E-state index in [-0.39, 0.29) is 12.0 Å². The molecule has 2 aromatic carbocycles. The quantitative estimate of drug-likeness (QED) is 0.612. The molecule has 0 saturated heterocycles. The fourth-order valence-electron chi connectivity index (χ4n) is 2.83. The first kappa shape index (κ1) is 17.9. The van der Waals surface area contributed by atoms with Crippen LogP contribution in [0, 0.1) is 0 Å². The van der Waals surface area contributed by atoms with Gasteiger partial charge in [-0.3, -0.25) is 9.89 Å². The van der Waals surface area contributed by atoms with Gasteiger partial charge in [0.2, 0.25) is 0 Å². The molecule has 0 amide bonds. The first-order chi connectivity index (χ1) is 12.8. The van der Waals surface area contributed by atoms with Crippen molar-refractivity contribution in [3.63, 3.8) is 0 Å². The van der Waals surface area contributed by atoms with E-state index < -0.39 is 0 Å². The fourth-order valence-corrected chi connectivity index (χ4v) is 2.83. The number of hydrogen-bond donors (Lipinski definition) is 2. The molecular formula is C21H23N3O2. The Morgan fingerprint density at radius 1 is 1.12 bits per heavy atom. The zero-order valence-electron chi connectivity index (χ0n) is 14.8. The number of nitrogens with zero attached hydrogens (tertiary/aromatic N) is 1. The first-order valence-electron chi connectivity index (χ1n) is 8.71. The lowest BCUT2D eigenvalue weighted by Crippen LogP contribution is -2.37. The van der Waals surface area contributed by atoms with Gasteiger partial charge in [-0.15, -0.1) is 0 Å². The molecule has 0 fully saturated rings. The molecule has 2 N–H and O–H groups in total. The number of nitrogens with one attached hydrogen (secondary N) is 2. The van der Waals surface area contributed by atoms with Gasteiger partial charge >= 0.3 is 5.97 Å². The largest absolute Gasteiger partial charge is 0.468 e. The SMILES string of the molecule is COC(=O)[C@H](CCc1cc(-c2ccccc2)n[nH]1)NCc1ccccc1. The second-order valence-corrected chi connectivity index (χ2v) is 6.13. The summed E-state index contributed by atoms with van der Waals surface area (Å²) >= 11 is 0. The molecule has 1 atom stereocenters. The Morgan fingerprint density at radius 3 is 2.50 bits per heavy atom. The molecule has 134 valence electrons. The summed E-state index contributed by atoms with van der Waals surface area (Å²) < 4.78 is 4.94. The highest BCUT2D eigenvalue weighted by Crippen LogP contribution is 2.18. The second-order valence-electron chi connectivity index (χ2n) is 6.13. The Labute approximate surface area is 153 Å². The van der Waals surface area contributed by atoms with Gasteiger partial charge in [-0.05, 0) is 24.5 Å².